The van der Waals surface area contributed by atoms with Crippen LogP contribution in [0.1, 0.15) is 91.9 Å². The summed E-state index contributed by atoms with van der Waals surface area (Å²) in [5.74, 6) is 0. The molecule has 0 aromatic heterocycles. The number of carbonyl (C=O) groups excluding carboxylic acids is 1. The van der Waals surface area contributed by atoms with E-state index in [2.05, 4.69) is 17.1 Å². The van der Waals surface area contributed by atoms with Crippen molar-refractivity contribution in [1.82, 2.24) is 20.0 Å². The van der Waals surface area contributed by atoms with E-state index < -0.39 is 6.09 Å². The topological polar surface area (TPSA) is 85.4 Å². The van der Waals surface area contributed by atoms with E-state index in [0.29, 0.717) is 10.8 Å². The van der Waals surface area contributed by atoms with Crippen molar-refractivity contribution in [3.05, 3.63) is 0 Å². The summed E-state index contributed by atoms with van der Waals surface area (Å²) < 4.78 is 5.43. The summed E-state index contributed by atoms with van der Waals surface area (Å²) in [5, 5.41) is 12.4. The van der Waals surface area contributed by atoms with Crippen molar-refractivity contribution >= 4 is 12.2 Å². The van der Waals surface area contributed by atoms with Crippen LogP contribution < -0.4 is 5.32 Å². The third-order valence-corrected chi connectivity index (χ3v) is 8.98. The van der Waals surface area contributed by atoms with Crippen LogP contribution in [0.5, 0.6) is 0 Å². The summed E-state index contributed by atoms with van der Waals surface area (Å²) in [6.07, 6.45) is 11.1. The minimum absolute atomic E-state index is 0.147. The lowest BCUT2D eigenvalue weighted by Gasteiger charge is -2.46. The summed E-state index contributed by atoms with van der Waals surface area (Å²) in [5.41, 5.74) is 0.555. The molecule has 36 heavy (non-hydrogen) atoms. The highest BCUT2D eigenvalue weighted by Gasteiger charge is 2.39. The van der Waals surface area contributed by atoms with Gasteiger partial charge in [-0.2, -0.15) is 0 Å². The van der Waals surface area contributed by atoms with Gasteiger partial charge in [-0.3, -0.25) is 0 Å². The minimum Gasteiger partial charge on any atom is -0.465 e. The van der Waals surface area contributed by atoms with Crippen molar-refractivity contribution in [2.24, 2.45) is 10.8 Å². The smallest absolute Gasteiger partial charge is 0.410 e. The molecule has 0 radical (unpaired) electrons. The van der Waals surface area contributed by atoms with Crippen LogP contribution in [-0.2, 0) is 4.74 Å². The van der Waals surface area contributed by atoms with Gasteiger partial charge in [0, 0.05) is 26.2 Å². The second-order valence-corrected chi connectivity index (χ2v) is 12.7. The number of rotatable bonds is 3. The van der Waals surface area contributed by atoms with E-state index >= 15 is 0 Å². The van der Waals surface area contributed by atoms with Crippen LogP contribution >= 0.6 is 0 Å². The number of nitrogens with one attached hydrogen (secondary N) is 1. The van der Waals surface area contributed by atoms with Crippen LogP contribution in [0.25, 0.3) is 0 Å². The fourth-order valence-electron chi connectivity index (χ4n) is 6.25. The monoisotopic (exact) mass is 508 g/mol. The van der Waals surface area contributed by atoms with Gasteiger partial charge in [0.25, 0.3) is 0 Å². The van der Waals surface area contributed by atoms with Crippen LogP contribution in [0.4, 0.5) is 9.59 Å². The van der Waals surface area contributed by atoms with Crippen molar-refractivity contribution < 1.29 is 19.4 Å². The van der Waals surface area contributed by atoms with Gasteiger partial charge in [0.05, 0.1) is 0 Å². The largest absolute Gasteiger partial charge is 0.465 e. The number of piperidine rings is 4. The molecular weight excluding hydrogens is 456 g/mol. The predicted molar refractivity (Wildman–Crippen MR) is 143 cm³/mol. The SMILES string of the molecule is CC(C)(C)OC(=O)N1CCC2(CCNCC2)CC1.CCCCN1CCC2(CC1)CCN(C(=O)O)CC2. The maximum absolute atomic E-state index is 12.0. The Balaban J connectivity index is 0.000000201. The molecular formula is C28H52N4O4. The molecule has 8 heteroatoms. The second kappa shape index (κ2) is 12.8. The maximum atomic E-state index is 12.0. The second-order valence-electron chi connectivity index (χ2n) is 12.7. The first kappa shape index (κ1) is 29.0. The number of carbonyl (C=O) groups is 2. The van der Waals surface area contributed by atoms with E-state index in [1.807, 2.05) is 25.7 Å². The number of amides is 2. The van der Waals surface area contributed by atoms with E-state index in [4.69, 9.17) is 9.84 Å². The first-order valence-corrected chi connectivity index (χ1v) is 14.4. The Bertz CT molecular complexity index is 689. The standard InChI is InChI=1S/2C14H26N2O2/c1-13(2,3)18-12(17)16-10-6-14(7-11-16)4-8-15-9-5-14;1-2-3-8-15-9-4-14(5-10-15)6-11-16(12-7-14)13(17)18/h15H,4-11H2,1-3H3;2-12H2,1H3,(H,17,18). The van der Waals surface area contributed by atoms with E-state index in [1.165, 1.54) is 58.2 Å². The van der Waals surface area contributed by atoms with Gasteiger partial charge < -0.3 is 29.9 Å². The van der Waals surface area contributed by atoms with Crippen molar-refractivity contribution in [1.29, 1.82) is 0 Å². The molecule has 4 aliphatic rings. The van der Waals surface area contributed by atoms with Gasteiger partial charge in [0.2, 0.25) is 0 Å². The maximum Gasteiger partial charge on any atom is 0.410 e. The van der Waals surface area contributed by atoms with Gasteiger partial charge in [0.1, 0.15) is 5.60 Å². The molecule has 4 heterocycles. The Labute approximate surface area is 219 Å². The Morgan fingerprint density at radius 2 is 1.28 bits per heavy atom. The Morgan fingerprint density at radius 3 is 1.75 bits per heavy atom. The van der Waals surface area contributed by atoms with Gasteiger partial charge in [-0.05, 0) is 122 Å². The Morgan fingerprint density at radius 1 is 0.806 bits per heavy atom. The van der Waals surface area contributed by atoms with E-state index in [9.17, 15) is 9.59 Å². The van der Waals surface area contributed by atoms with Crippen LogP contribution in [-0.4, -0.2) is 96.5 Å². The zero-order valence-corrected chi connectivity index (χ0v) is 23.4. The highest BCUT2D eigenvalue weighted by atomic mass is 16.6. The van der Waals surface area contributed by atoms with Crippen LogP contribution in [0, 0.1) is 10.8 Å². The molecule has 0 aromatic carbocycles. The summed E-state index contributed by atoms with van der Waals surface area (Å²) in [4.78, 5) is 28.9. The molecule has 0 bridgehead atoms. The number of carboxylic acid groups (broad SMARTS) is 1. The molecule has 8 nitrogen and oxygen atoms in total. The average molecular weight is 509 g/mol. The van der Waals surface area contributed by atoms with Gasteiger partial charge in [-0.1, -0.05) is 13.3 Å². The fourth-order valence-corrected chi connectivity index (χ4v) is 6.25. The molecule has 208 valence electrons. The van der Waals surface area contributed by atoms with Gasteiger partial charge in [0.15, 0.2) is 0 Å². The molecule has 2 amide bonds. The molecule has 4 aliphatic heterocycles. The first-order chi connectivity index (χ1) is 17.1. The summed E-state index contributed by atoms with van der Waals surface area (Å²) in [7, 11) is 0. The quantitative estimate of drug-likeness (QED) is 0.556. The highest BCUT2D eigenvalue weighted by Crippen LogP contribution is 2.41. The number of hydrogen-bond acceptors (Lipinski definition) is 5. The molecule has 0 aliphatic carbocycles. The lowest BCUT2D eigenvalue weighted by molar-refractivity contribution is 0.00571. The number of ether oxygens (including phenoxy) is 1. The van der Waals surface area contributed by atoms with Crippen molar-refractivity contribution in [2.45, 2.75) is 97.5 Å². The van der Waals surface area contributed by atoms with E-state index in [-0.39, 0.29) is 11.7 Å². The number of hydrogen-bond donors (Lipinski definition) is 2. The third kappa shape index (κ3) is 8.51. The molecule has 4 rings (SSSR count). The first-order valence-electron chi connectivity index (χ1n) is 14.4. The van der Waals surface area contributed by atoms with Gasteiger partial charge in [-0.15, -0.1) is 0 Å². The Hall–Kier alpha value is -1.54. The van der Waals surface area contributed by atoms with Gasteiger partial charge in [-0.25, -0.2) is 9.59 Å². The molecule has 4 fully saturated rings. The third-order valence-electron chi connectivity index (χ3n) is 8.98. The highest BCUT2D eigenvalue weighted by molar-refractivity contribution is 5.68. The lowest BCUT2D eigenvalue weighted by Crippen LogP contribution is -2.48. The molecule has 4 saturated heterocycles. The number of unbranched alkanes of at least 4 members (excludes halogenated alkanes) is 1. The van der Waals surface area contributed by atoms with Crippen molar-refractivity contribution in [2.75, 3.05) is 58.9 Å². The van der Waals surface area contributed by atoms with Crippen molar-refractivity contribution in [3.63, 3.8) is 0 Å². The summed E-state index contributed by atoms with van der Waals surface area (Å²) in [6.45, 7) is 17.1. The normalized spacial score (nSPS) is 24.2. The molecule has 2 spiro atoms. The lowest BCUT2D eigenvalue weighted by atomic mass is 9.71. The number of nitrogens with zero attached hydrogens (tertiary/aromatic N) is 3. The average Bonchev–Trinajstić information content (AvgIpc) is 2.84. The molecule has 0 saturated carbocycles. The van der Waals surface area contributed by atoms with Crippen molar-refractivity contribution in [3.8, 4) is 0 Å². The van der Waals surface area contributed by atoms with E-state index in [0.717, 1.165) is 65.0 Å². The van der Waals surface area contributed by atoms with Gasteiger partial charge >= 0.3 is 12.2 Å². The number of likely N-dealkylation sites (tertiary alicyclic amines) is 3. The zero-order valence-electron chi connectivity index (χ0n) is 23.4. The van der Waals surface area contributed by atoms with Crippen LogP contribution in [0.2, 0.25) is 0 Å². The summed E-state index contributed by atoms with van der Waals surface area (Å²) >= 11 is 0. The molecule has 0 atom stereocenters. The fraction of sp³-hybridized carbons (Fsp3) is 0.929. The molecule has 0 aromatic rings. The van der Waals surface area contributed by atoms with Crippen LogP contribution in [0.15, 0.2) is 0 Å². The molecule has 0 unspecified atom stereocenters. The van der Waals surface area contributed by atoms with Crippen LogP contribution in [0.3, 0.4) is 0 Å². The van der Waals surface area contributed by atoms with E-state index in [1.54, 1.807) is 4.90 Å². The zero-order chi connectivity index (χ0) is 26.2. The Kier molecular flexibility index (Phi) is 10.3. The minimum atomic E-state index is -0.745. The molecule has 2 N–H and O–H groups in total. The summed E-state index contributed by atoms with van der Waals surface area (Å²) in [6, 6.07) is 0. The predicted octanol–water partition coefficient (Wildman–Crippen LogP) is 5.03.